The number of hydrogen-bond donors (Lipinski definition) is 0. The Morgan fingerprint density at radius 1 is 1.15 bits per heavy atom. The van der Waals surface area contributed by atoms with E-state index in [1.54, 1.807) is 0 Å². The third-order valence-electron chi connectivity index (χ3n) is 3.67. The van der Waals surface area contributed by atoms with Gasteiger partial charge >= 0.3 is 5.97 Å². The van der Waals surface area contributed by atoms with Crippen molar-refractivity contribution in [3.05, 3.63) is 11.6 Å². The van der Waals surface area contributed by atoms with E-state index in [1.165, 1.54) is 5.57 Å². The Bertz CT molecular complexity index is 318. The van der Waals surface area contributed by atoms with Crippen molar-refractivity contribution < 1.29 is 14.3 Å². The molecule has 0 aromatic rings. The zero-order valence-electron chi connectivity index (χ0n) is 13.5. The van der Waals surface area contributed by atoms with Gasteiger partial charge in [-0.15, -0.1) is 0 Å². The molecule has 0 fully saturated rings. The molecule has 20 heavy (non-hydrogen) atoms. The molecule has 3 nitrogen and oxygen atoms in total. The van der Waals surface area contributed by atoms with Gasteiger partial charge in [0.15, 0.2) is 0 Å². The predicted octanol–water partition coefficient (Wildman–Crippen LogP) is 4.45. The number of esters is 1. The second kappa shape index (κ2) is 11.7. The maximum atomic E-state index is 11.4. The molecule has 3 heteroatoms. The van der Waals surface area contributed by atoms with Crippen molar-refractivity contribution in [1.82, 2.24) is 0 Å². The standard InChI is InChI=1S/C17H30O3/c1-5-9-16(18)17(19)20-13-12-15(7-3)11-8-10-14(4)6-2/h10,15H,5-9,11-13H2,1-4H3. The molecule has 0 aliphatic rings. The van der Waals surface area contributed by atoms with Crippen molar-refractivity contribution in [1.29, 1.82) is 0 Å². The van der Waals surface area contributed by atoms with Crippen LogP contribution in [0.25, 0.3) is 0 Å². The fraction of sp³-hybridized carbons (Fsp3) is 0.765. The number of carbonyl (C=O) groups is 2. The first-order chi connectivity index (χ1) is 9.54. The first-order valence-corrected chi connectivity index (χ1v) is 7.90. The SMILES string of the molecule is CCCC(=O)C(=O)OCCC(CC)CCC=C(C)CC. The average molecular weight is 282 g/mol. The highest BCUT2D eigenvalue weighted by molar-refractivity contribution is 6.33. The Hall–Kier alpha value is -1.12. The van der Waals surface area contributed by atoms with Crippen LogP contribution in [0.15, 0.2) is 11.6 Å². The van der Waals surface area contributed by atoms with E-state index in [-0.39, 0.29) is 6.42 Å². The molecule has 0 spiro atoms. The quantitative estimate of drug-likeness (QED) is 0.319. The highest BCUT2D eigenvalue weighted by Crippen LogP contribution is 2.17. The van der Waals surface area contributed by atoms with Crippen molar-refractivity contribution >= 4 is 11.8 Å². The number of carbonyl (C=O) groups excluding carboxylic acids is 2. The van der Waals surface area contributed by atoms with Crippen LogP contribution >= 0.6 is 0 Å². The average Bonchev–Trinajstić information content (AvgIpc) is 2.45. The minimum atomic E-state index is -0.663. The molecule has 0 aromatic heterocycles. The van der Waals surface area contributed by atoms with Crippen LogP contribution in [0.5, 0.6) is 0 Å². The molecule has 0 amide bonds. The summed E-state index contributed by atoms with van der Waals surface area (Å²) in [5.74, 6) is -0.504. The lowest BCUT2D eigenvalue weighted by Crippen LogP contribution is -2.18. The molecule has 0 aromatic carbocycles. The first kappa shape index (κ1) is 18.9. The molecule has 0 saturated heterocycles. The lowest BCUT2D eigenvalue weighted by molar-refractivity contribution is -0.154. The number of hydrogen-bond acceptors (Lipinski definition) is 3. The van der Waals surface area contributed by atoms with Crippen LogP contribution in [0, 0.1) is 5.92 Å². The van der Waals surface area contributed by atoms with Crippen molar-refractivity contribution in [3.8, 4) is 0 Å². The molecule has 0 heterocycles. The summed E-state index contributed by atoms with van der Waals surface area (Å²) in [6.07, 6.45) is 8.51. The summed E-state index contributed by atoms with van der Waals surface area (Å²) >= 11 is 0. The molecule has 0 bridgehead atoms. The van der Waals surface area contributed by atoms with Gasteiger partial charge in [0.1, 0.15) is 0 Å². The molecular formula is C17H30O3. The molecule has 0 aliphatic carbocycles. The second-order valence-electron chi connectivity index (χ2n) is 5.35. The summed E-state index contributed by atoms with van der Waals surface area (Å²) in [4.78, 5) is 22.6. The van der Waals surface area contributed by atoms with Crippen molar-refractivity contribution in [2.75, 3.05) is 6.61 Å². The number of rotatable bonds is 11. The van der Waals surface area contributed by atoms with Gasteiger partial charge in [0.2, 0.25) is 5.78 Å². The summed E-state index contributed by atoms with van der Waals surface area (Å²) in [5, 5.41) is 0. The molecule has 0 saturated carbocycles. The molecule has 116 valence electrons. The molecule has 0 rings (SSSR count). The lowest BCUT2D eigenvalue weighted by atomic mass is 9.96. The Morgan fingerprint density at radius 2 is 1.85 bits per heavy atom. The summed E-state index contributed by atoms with van der Waals surface area (Å²) in [6.45, 7) is 8.72. The Balaban J connectivity index is 3.90. The van der Waals surface area contributed by atoms with Gasteiger partial charge in [0.25, 0.3) is 0 Å². The number of ether oxygens (including phenoxy) is 1. The van der Waals surface area contributed by atoms with Gasteiger partial charge in [-0.2, -0.15) is 0 Å². The van der Waals surface area contributed by atoms with Gasteiger partial charge in [-0.1, -0.05) is 38.8 Å². The maximum absolute atomic E-state index is 11.4. The number of Topliss-reactive ketones (excluding diaryl/α,β-unsaturated/α-hetero) is 1. The Kier molecular flexibility index (Phi) is 11.0. The van der Waals surface area contributed by atoms with Gasteiger partial charge in [-0.3, -0.25) is 4.79 Å². The van der Waals surface area contributed by atoms with E-state index in [9.17, 15) is 9.59 Å². The fourth-order valence-corrected chi connectivity index (χ4v) is 1.99. The topological polar surface area (TPSA) is 43.4 Å². The minimum absolute atomic E-state index is 0.289. The number of allylic oxidation sites excluding steroid dienone is 2. The third kappa shape index (κ3) is 8.89. The van der Waals surface area contributed by atoms with Crippen LogP contribution in [-0.4, -0.2) is 18.4 Å². The van der Waals surface area contributed by atoms with E-state index in [1.807, 2.05) is 6.92 Å². The van der Waals surface area contributed by atoms with E-state index >= 15 is 0 Å². The largest absolute Gasteiger partial charge is 0.460 e. The van der Waals surface area contributed by atoms with Crippen LogP contribution in [0.4, 0.5) is 0 Å². The summed E-state index contributed by atoms with van der Waals surface area (Å²) in [7, 11) is 0. The zero-order chi connectivity index (χ0) is 15.4. The number of ketones is 1. The van der Waals surface area contributed by atoms with Gasteiger partial charge in [-0.05, 0) is 44.9 Å². The highest BCUT2D eigenvalue weighted by Gasteiger charge is 2.14. The van der Waals surface area contributed by atoms with E-state index in [4.69, 9.17) is 4.74 Å². The minimum Gasteiger partial charge on any atom is -0.460 e. The Labute approximate surface area is 123 Å². The molecule has 1 unspecified atom stereocenters. The predicted molar refractivity (Wildman–Crippen MR) is 82.6 cm³/mol. The summed E-state index contributed by atoms with van der Waals surface area (Å²) in [6, 6.07) is 0. The van der Waals surface area contributed by atoms with Crippen LogP contribution in [0.3, 0.4) is 0 Å². The van der Waals surface area contributed by atoms with Crippen molar-refractivity contribution in [3.63, 3.8) is 0 Å². The monoisotopic (exact) mass is 282 g/mol. The highest BCUT2D eigenvalue weighted by atomic mass is 16.5. The van der Waals surface area contributed by atoms with Gasteiger partial charge in [0, 0.05) is 6.42 Å². The fourth-order valence-electron chi connectivity index (χ4n) is 1.99. The molecule has 0 N–H and O–H groups in total. The molecule has 0 aliphatic heterocycles. The first-order valence-electron chi connectivity index (χ1n) is 7.90. The summed E-state index contributed by atoms with van der Waals surface area (Å²) < 4.78 is 5.03. The maximum Gasteiger partial charge on any atom is 0.374 e. The van der Waals surface area contributed by atoms with Crippen LogP contribution in [-0.2, 0) is 14.3 Å². The van der Waals surface area contributed by atoms with Crippen LogP contribution in [0.2, 0.25) is 0 Å². The Morgan fingerprint density at radius 3 is 2.40 bits per heavy atom. The third-order valence-corrected chi connectivity index (χ3v) is 3.67. The normalized spacial score (nSPS) is 13.1. The van der Waals surface area contributed by atoms with Crippen LogP contribution < -0.4 is 0 Å². The van der Waals surface area contributed by atoms with Gasteiger partial charge in [0.05, 0.1) is 6.61 Å². The molecule has 1 atom stereocenters. The second-order valence-corrected chi connectivity index (χ2v) is 5.35. The van der Waals surface area contributed by atoms with Gasteiger partial charge < -0.3 is 4.74 Å². The summed E-state index contributed by atoms with van der Waals surface area (Å²) in [5.41, 5.74) is 1.43. The molecular weight excluding hydrogens is 252 g/mol. The van der Waals surface area contributed by atoms with E-state index < -0.39 is 11.8 Å². The van der Waals surface area contributed by atoms with Crippen molar-refractivity contribution in [2.45, 2.75) is 72.6 Å². The van der Waals surface area contributed by atoms with Gasteiger partial charge in [-0.25, -0.2) is 4.79 Å². The van der Waals surface area contributed by atoms with E-state index in [2.05, 4.69) is 26.8 Å². The van der Waals surface area contributed by atoms with Crippen LogP contribution in [0.1, 0.15) is 72.6 Å². The smallest absolute Gasteiger partial charge is 0.374 e. The van der Waals surface area contributed by atoms with Crippen molar-refractivity contribution in [2.24, 2.45) is 5.92 Å². The van der Waals surface area contributed by atoms with E-state index in [0.29, 0.717) is 18.9 Å². The lowest BCUT2D eigenvalue weighted by Gasteiger charge is -2.13. The zero-order valence-corrected chi connectivity index (χ0v) is 13.5. The molecule has 0 radical (unpaired) electrons. The van der Waals surface area contributed by atoms with E-state index in [0.717, 1.165) is 32.1 Å².